The number of carboxylic acid groups (broad SMARTS) is 1. The van der Waals surface area contributed by atoms with E-state index < -0.39 is 11.4 Å². The van der Waals surface area contributed by atoms with Crippen molar-refractivity contribution < 1.29 is 14.7 Å². The highest BCUT2D eigenvalue weighted by atomic mass is 16.4. The number of hydrogen-bond acceptors (Lipinski definition) is 2. The van der Waals surface area contributed by atoms with Gasteiger partial charge in [0.2, 0.25) is 5.91 Å². The summed E-state index contributed by atoms with van der Waals surface area (Å²) in [7, 11) is 0. The quantitative estimate of drug-likeness (QED) is 0.788. The van der Waals surface area contributed by atoms with Crippen LogP contribution in [0.1, 0.15) is 52.4 Å². The van der Waals surface area contributed by atoms with Crippen LogP contribution in [0.3, 0.4) is 0 Å². The van der Waals surface area contributed by atoms with Crippen molar-refractivity contribution in [2.45, 2.75) is 57.9 Å². The molecule has 0 radical (unpaired) electrons. The summed E-state index contributed by atoms with van der Waals surface area (Å²) in [6.45, 7) is 3.74. The standard InChI is InChI=1S/C14H21NO3/c1-9(16)15-14-5-10-3-12(2,7-14)6-13(4-10,8-14)11(17)18/h10H,3-8H2,1-2H3,(H,15,16)(H,17,18)/t10-,12-,13+,14+/m1/s1. The molecule has 100 valence electrons. The van der Waals surface area contributed by atoms with Crippen molar-refractivity contribution in [3.05, 3.63) is 0 Å². The summed E-state index contributed by atoms with van der Waals surface area (Å²) >= 11 is 0. The summed E-state index contributed by atoms with van der Waals surface area (Å²) in [5.41, 5.74) is -0.741. The van der Waals surface area contributed by atoms with E-state index in [4.69, 9.17) is 0 Å². The van der Waals surface area contributed by atoms with Crippen molar-refractivity contribution in [1.29, 1.82) is 0 Å². The summed E-state index contributed by atoms with van der Waals surface area (Å²) in [5, 5.41) is 12.7. The zero-order valence-electron chi connectivity index (χ0n) is 11.1. The van der Waals surface area contributed by atoms with Gasteiger partial charge in [0, 0.05) is 12.5 Å². The van der Waals surface area contributed by atoms with E-state index >= 15 is 0 Å². The minimum absolute atomic E-state index is 0.0268. The van der Waals surface area contributed by atoms with Gasteiger partial charge in [0.05, 0.1) is 5.41 Å². The van der Waals surface area contributed by atoms with Crippen molar-refractivity contribution in [1.82, 2.24) is 5.32 Å². The van der Waals surface area contributed by atoms with Crippen LogP contribution in [0, 0.1) is 16.7 Å². The number of nitrogens with one attached hydrogen (secondary N) is 1. The lowest BCUT2D eigenvalue weighted by atomic mass is 9.42. The fraction of sp³-hybridized carbons (Fsp3) is 0.857. The van der Waals surface area contributed by atoms with E-state index in [0.29, 0.717) is 12.3 Å². The van der Waals surface area contributed by atoms with Crippen LogP contribution in [0.4, 0.5) is 0 Å². The molecule has 4 saturated carbocycles. The van der Waals surface area contributed by atoms with Crippen LogP contribution >= 0.6 is 0 Å². The third-order valence-electron chi connectivity index (χ3n) is 5.24. The molecule has 4 aliphatic carbocycles. The van der Waals surface area contributed by atoms with Crippen LogP contribution in [0.5, 0.6) is 0 Å². The molecule has 4 aliphatic rings. The minimum Gasteiger partial charge on any atom is -0.481 e. The molecule has 18 heavy (non-hydrogen) atoms. The zero-order chi connectivity index (χ0) is 13.2. The molecule has 2 N–H and O–H groups in total. The molecular weight excluding hydrogens is 230 g/mol. The van der Waals surface area contributed by atoms with E-state index in [0.717, 1.165) is 32.1 Å². The number of amides is 1. The van der Waals surface area contributed by atoms with E-state index in [1.165, 1.54) is 6.92 Å². The Hall–Kier alpha value is -1.06. The first-order valence-corrected chi connectivity index (χ1v) is 6.79. The van der Waals surface area contributed by atoms with Gasteiger partial charge < -0.3 is 10.4 Å². The lowest BCUT2D eigenvalue weighted by Crippen LogP contribution is -2.67. The molecule has 0 spiro atoms. The number of carboxylic acids is 1. The Bertz CT molecular complexity index is 435. The third kappa shape index (κ3) is 1.57. The second-order valence-corrected chi connectivity index (χ2v) is 7.37. The van der Waals surface area contributed by atoms with Gasteiger partial charge in [-0.15, -0.1) is 0 Å². The average molecular weight is 251 g/mol. The molecule has 4 nitrogen and oxygen atoms in total. The second-order valence-electron chi connectivity index (χ2n) is 7.37. The summed E-state index contributed by atoms with van der Waals surface area (Å²) in [5.74, 6) is -0.220. The Morgan fingerprint density at radius 3 is 2.44 bits per heavy atom. The van der Waals surface area contributed by atoms with E-state index in [1.807, 2.05) is 0 Å². The summed E-state index contributed by atoms with van der Waals surface area (Å²) in [6.07, 6.45) is 5.26. The molecule has 4 fully saturated rings. The third-order valence-corrected chi connectivity index (χ3v) is 5.24. The highest BCUT2D eigenvalue weighted by Crippen LogP contribution is 2.66. The first-order valence-electron chi connectivity index (χ1n) is 6.79. The van der Waals surface area contributed by atoms with Gasteiger partial charge in [0.1, 0.15) is 0 Å². The molecule has 4 rings (SSSR count). The summed E-state index contributed by atoms with van der Waals surface area (Å²) < 4.78 is 0. The number of hydrogen-bond donors (Lipinski definition) is 2. The molecule has 0 aromatic rings. The summed E-state index contributed by atoms with van der Waals surface area (Å²) in [6, 6.07) is 0. The SMILES string of the molecule is CC(=O)N[C@@]12C[C@@H]3C[C@@](C)(C1)C[C@@](C(=O)O)(C3)C2. The number of carbonyl (C=O) groups is 2. The van der Waals surface area contributed by atoms with Crippen molar-refractivity contribution in [3.8, 4) is 0 Å². The number of rotatable bonds is 2. The van der Waals surface area contributed by atoms with Crippen LogP contribution < -0.4 is 5.32 Å². The fourth-order valence-electron chi connectivity index (χ4n) is 5.67. The molecular formula is C14H21NO3. The van der Waals surface area contributed by atoms with Gasteiger partial charge in [0.15, 0.2) is 0 Å². The predicted octanol–water partition coefficient (Wildman–Crippen LogP) is 1.94. The highest BCUT2D eigenvalue weighted by Gasteiger charge is 2.64. The van der Waals surface area contributed by atoms with E-state index in [9.17, 15) is 14.7 Å². The van der Waals surface area contributed by atoms with Gasteiger partial charge in [-0.05, 0) is 49.9 Å². The van der Waals surface area contributed by atoms with Crippen LogP contribution in [-0.2, 0) is 9.59 Å². The Labute approximate surface area is 107 Å². The van der Waals surface area contributed by atoms with Crippen LogP contribution in [0.2, 0.25) is 0 Å². The molecule has 4 atom stereocenters. The Balaban J connectivity index is 2.00. The fourth-order valence-corrected chi connectivity index (χ4v) is 5.67. The van der Waals surface area contributed by atoms with E-state index in [2.05, 4.69) is 12.2 Å². The lowest BCUT2D eigenvalue weighted by molar-refractivity contribution is -0.179. The molecule has 0 unspecified atom stereocenters. The first kappa shape index (κ1) is 12.0. The van der Waals surface area contributed by atoms with E-state index in [1.54, 1.807) is 0 Å². The van der Waals surface area contributed by atoms with Gasteiger partial charge >= 0.3 is 5.97 Å². The van der Waals surface area contributed by atoms with Gasteiger partial charge in [-0.1, -0.05) is 6.92 Å². The Kier molecular flexibility index (Phi) is 2.19. The van der Waals surface area contributed by atoms with Crippen molar-refractivity contribution in [2.24, 2.45) is 16.7 Å². The van der Waals surface area contributed by atoms with Gasteiger partial charge in [0.25, 0.3) is 0 Å². The van der Waals surface area contributed by atoms with Crippen molar-refractivity contribution in [2.75, 3.05) is 0 Å². The maximum atomic E-state index is 11.7. The molecule has 4 heteroatoms. The molecule has 1 amide bonds. The zero-order valence-corrected chi connectivity index (χ0v) is 11.1. The van der Waals surface area contributed by atoms with E-state index in [-0.39, 0.29) is 16.9 Å². The normalized spacial score (nSPS) is 49.1. The number of aliphatic carboxylic acids is 1. The molecule has 4 bridgehead atoms. The maximum Gasteiger partial charge on any atom is 0.309 e. The van der Waals surface area contributed by atoms with Crippen molar-refractivity contribution in [3.63, 3.8) is 0 Å². The topological polar surface area (TPSA) is 66.4 Å². The lowest BCUT2D eigenvalue weighted by Gasteiger charge is -2.64. The number of carbonyl (C=O) groups excluding carboxylic acids is 1. The molecule has 0 aromatic heterocycles. The van der Waals surface area contributed by atoms with Gasteiger partial charge in [-0.2, -0.15) is 0 Å². The van der Waals surface area contributed by atoms with Crippen LogP contribution in [0.25, 0.3) is 0 Å². The Morgan fingerprint density at radius 1 is 1.17 bits per heavy atom. The average Bonchev–Trinajstić information content (AvgIpc) is 2.09. The van der Waals surface area contributed by atoms with Gasteiger partial charge in [-0.25, -0.2) is 0 Å². The Morgan fingerprint density at radius 2 is 1.89 bits per heavy atom. The molecule has 0 aliphatic heterocycles. The van der Waals surface area contributed by atoms with Crippen molar-refractivity contribution >= 4 is 11.9 Å². The molecule has 0 saturated heterocycles. The maximum absolute atomic E-state index is 11.7. The highest BCUT2D eigenvalue weighted by molar-refractivity contribution is 5.77. The predicted molar refractivity (Wildman–Crippen MR) is 65.9 cm³/mol. The minimum atomic E-state index is -0.660. The monoisotopic (exact) mass is 251 g/mol. The molecule has 0 heterocycles. The largest absolute Gasteiger partial charge is 0.481 e. The van der Waals surface area contributed by atoms with Crippen LogP contribution in [0.15, 0.2) is 0 Å². The second kappa shape index (κ2) is 3.28. The first-order chi connectivity index (χ1) is 8.27. The van der Waals surface area contributed by atoms with Crippen LogP contribution in [-0.4, -0.2) is 22.5 Å². The van der Waals surface area contributed by atoms with Gasteiger partial charge in [-0.3, -0.25) is 9.59 Å². The smallest absolute Gasteiger partial charge is 0.309 e. The molecule has 0 aromatic carbocycles. The summed E-state index contributed by atoms with van der Waals surface area (Å²) in [4.78, 5) is 23.2.